The van der Waals surface area contributed by atoms with E-state index in [1.54, 1.807) is 38.3 Å². The molecule has 0 aliphatic rings. The van der Waals surface area contributed by atoms with E-state index in [4.69, 9.17) is 18.9 Å². The molecule has 0 radical (unpaired) electrons. The summed E-state index contributed by atoms with van der Waals surface area (Å²) in [5.41, 5.74) is 0.740. The molecule has 0 heterocycles. The number of methoxy groups -OCH3 is 3. The molecule has 1 atom stereocenters. The zero-order valence-corrected chi connectivity index (χ0v) is 18.5. The molecule has 0 fully saturated rings. The maximum absolute atomic E-state index is 13.0. The predicted molar refractivity (Wildman–Crippen MR) is 112 cm³/mol. The maximum Gasteiger partial charge on any atom is 0.244 e. The number of hydrogen-bond donors (Lipinski definition) is 1. The summed E-state index contributed by atoms with van der Waals surface area (Å²) in [6.07, 6.45) is 0. The topological polar surface area (TPSA) is 83.1 Å². The van der Waals surface area contributed by atoms with Crippen LogP contribution in [0, 0.1) is 5.92 Å². The van der Waals surface area contributed by atoms with Gasteiger partial charge in [-0.05, 0) is 42.7 Å². The van der Waals surface area contributed by atoms with Crippen molar-refractivity contribution < 1.29 is 27.4 Å². The molecule has 8 heteroatoms. The lowest BCUT2D eigenvalue weighted by atomic mass is 10.1. The first-order valence-corrected chi connectivity index (χ1v) is 10.7. The van der Waals surface area contributed by atoms with E-state index in [9.17, 15) is 8.42 Å². The van der Waals surface area contributed by atoms with Crippen LogP contribution in [-0.4, -0.2) is 36.4 Å². The van der Waals surface area contributed by atoms with Gasteiger partial charge in [0.1, 0.15) is 16.4 Å². The minimum Gasteiger partial charge on any atom is -0.497 e. The van der Waals surface area contributed by atoms with Crippen LogP contribution in [0.2, 0.25) is 0 Å². The Hall–Kier alpha value is -2.45. The van der Waals surface area contributed by atoms with Crippen molar-refractivity contribution in [2.24, 2.45) is 5.92 Å². The van der Waals surface area contributed by atoms with E-state index < -0.39 is 16.1 Å². The summed E-state index contributed by atoms with van der Waals surface area (Å²) in [5, 5.41) is 0. The Morgan fingerprint density at radius 1 is 0.862 bits per heavy atom. The molecular weight excluding hydrogens is 394 g/mol. The number of hydrogen-bond acceptors (Lipinski definition) is 6. The third-order valence-corrected chi connectivity index (χ3v) is 5.81. The number of ether oxygens (including phenoxy) is 4. The van der Waals surface area contributed by atoms with Gasteiger partial charge in [0, 0.05) is 12.1 Å². The van der Waals surface area contributed by atoms with Gasteiger partial charge in [-0.1, -0.05) is 19.9 Å². The second-order valence-corrected chi connectivity index (χ2v) is 8.66. The van der Waals surface area contributed by atoms with Crippen LogP contribution in [0.4, 0.5) is 0 Å². The van der Waals surface area contributed by atoms with Crippen LogP contribution >= 0.6 is 0 Å². The first-order chi connectivity index (χ1) is 13.7. The Morgan fingerprint density at radius 3 is 2.10 bits per heavy atom. The van der Waals surface area contributed by atoms with Crippen molar-refractivity contribution in [2.45, 2.75) is 31.7 Å². The van der Waals surface area contributed by atoms with Crippen molar-refractivity contribution >= 4 is 10.0 Å². The quantitative estimate of drug-likeness (QED) is 0.626. The fourth-order valence-corrected chi connectivity index (χ4v) is 4.10. The van der Waals surface area contributed by atoms with Gasteiger partial charge in [0.2, 0.25) is 10.0 Å². The van der Waals surface area contributed by atoms with Gasteiger partial charge >= 0.3 is 0 Å². The van der Waals surface area contributed by atoms with Crippen molar-refractivity contribution in [3.8, 4) is 23.0 Å². The molecule has 0 saturated heterocycles. The molecule has 0 spiro atoms. The van der Waals surface area contributed by atoms with Gasteiger partial charge in [-0.2, -0.15) is 0 Å². The molecule has 0 saturated carbocycles. The molecule has 0 aromatic heterocycles. The smallest absolute Gasteiger partial charge is 0.244 e. The van der Waals surface area contributed by atoms with Gasteiger partial charge in [0.15, 0.2) is 11.5 Å². The van der Waals surface area contributed by atoms with Crippen LogP contribution in [0.25, 0.3) is 0 Å². The van der Waals surface area contributed by atoms with Crippen LogP contribution in [0.5, 0.6) is 23.0 Å². The monoisotopic (exact) mass is 423 g/mol. The summed E-state index contributed by atoms with van der Waals surface area (Å²) in [4.78, 5) is 0.00931. The lowest BCUT2D eigenvalue weighted by molar-refractivity contribution is 0.256. The summed E-state index contributed by atoms with van der Waals surface area (Å²) < 4.78 is 50.1. The predicted octanol–water partition coefficient (Wildman–Crippen LogP) is 3.79. The highest BCUT2D eigenvalue weighted by molar-refractivity contribution is 7.89. The minimum atomic E-state index is -3.86. The van der Waals surface area contributed by atoms with E-state index in [2.05, 4.69) is 18.6 Å². The van der Waals surface area contributed by atoms with Gasteiger partial charge in [0.05, 0.1) is 27.9 Å². The van der Waals surface area contributed by atoms with Crippen molar-refractivity contribution in [3.63, 3.8) is 0 Å². The van der Waals surface area contributed by atoms with Crippen LogP contribution in [-0.2, 0) is 10.0 Å². The molecule has 0 aliphatic carbocycles. The Morgan fingerprint density at radius 2 is 1.52 bits per heavy atom. The van der Waals surface area contributed by atoms with Gasteiger partial charge in [-0.25, -0.2) is 13.1 Å². The van der Waals surface area contributed by atoms with Crippen LogP contribution in [0.15, 0.2) is 41.3 Å². The molecule has 1 N–H and O–H groups in total. The molecule has 2 aromatic rings. The molecule has 0 bridgehead atoms. The molecular formula is C21H29NO6S. The Kier molecular flexibility index (Phi) is 7.75. The minimum absolute atomic E-state index is 0.00931. The lowest BCUT2D eigenvalue weighted by Gasteiger charge is -2.19. The zero-order valence-electron chi connectivity index (χ0n) is 17.7. The fourth-order valence-electron chi connectivity index (χ4n) is 2.69. The molecule has 29 heavy (non-hydrogen) atoms. The number of rotatable bonds is 10. The summed E-state index contributed by atoms with van der Waals surface area (Å²) in [7, 11) is 0.589. The molecule has 2 aromatic carbocycles. The van der Waals surface area contributed by atoms with E-state index in [1.807, 2.05) is 6.07 Å². The van der Waals surface area contributed by atoms with Gasteiger partial charge < -0.3 is 18.9 Å². The normalized spacial score (nSPS) is 12.5. The summed E-state index contributed by atoms with van der Waals surface area (Å²) in [6.45, 7) is 6.44. The van der Waals surface area contributed by atoms with E-state index in [0.717, 1.165) is 5.56 Å². The highest BCUT2D eigenvalue weighted by Gasteiger charge is 2.24. The Balaban J connectivity index is 2.28. The van der Waals surface area contributed by atoms with Gasteiger partial charge in [-0.15, -0.1) is 0 Å². The third kappa shape index (κ3) is 5.77. The highest BCUT2D eigenvalue weighted by Crippen LogP contribution is 2.32. The van der Waals surface area contributed by atoms with Gasteiger partial charge in [-0.3, -0.25) is 0 Å². The molecule has 0 unspecified atom stereocenters. The molecule has 0 aliphatic heterocycles. The number of benzene rings is 2. The summed E-state index contributed by atoms with van der Waals surface area (Å²) in [6, 6.07) is 9.48. The fraction of sp³-hybridized carbons (Fsp3) is 0.429. The summed E-state index contributed by atoms with van der Waals surface area (Å²) >= 11 is 0. The second kappa shape index (κ2) is 9.84. The van der Waals surface area contributed by atoms with Crippen molar-refractivity contribution in [2.75, 3.05) is 27.9 Å². The van der Waals surface area contributed by atoms with E-state index >= 15 is 0 Å². The van der Waals surface area contributed by atoms with Crippen molar-refractivity contribution in [1.82, 2.24) is 4.72 Å². The molecule has 160 valence electrons. The van der Waals surface area contributed by atoms with Crippen LogP contribution in [0.1, 0.15) is 32.4 Å². The average Bonchev–Trinajstić information content (AvgIpc) is 2.71. The second-order valence-electron chi connectivity index (χ2n) is 6.97. The maximum atomic E-state index is 13.0. The summed E-state index contributed by atoms with van der Waals surface area (Å²) in [5.74, 6) is 2.21. The molecule has 7 nitrogen and oxygen atoms in total. The first kappa shape index (κ1) is 22.8. The average molecular weight is 424 g/mol. The van der Waals surface area contributed by atoms with Crippen molar-refractivity contribution in [1.29, 1.82) is 0 Å². The van der Waals surface area contributed by atoms with E-state index in [1.165, 1.54) is 20.3 Å². The van der Waals surface area contributed by atoms with Crippen molar-refractivity contribution in [3.05, 3.63) is 42.0 Å². The SMILES string of the molecule is COc1ccc(OC)c(S(=O)(=O)N[C@@H](C)c2ccc(OCC(C)C)c(OC)c2)c1. The highest BCUT2D eigenvalue weighted by atomic mass is 32.2. The standard InChI is InChI=1S/C21H29NO6S/c1-14(2)13-28-18-9-7-16(11-20(18)27-6)15(3)22-29(23,24)21-12-17(25-4)8-10-19(21)26-5/h7-12,14-15,22H,13H2,1-6H3/t15-/m0/s1. The number of sulfonamides is 1. The van der Waals surface area contributed by atoms with E-state index in [0.29, 0.717) is 29.8 Å². The molecule has 0 amide bonds. The third-order valence-electron chi connectivity index (χ3n) is 4.25. The van der Waals surface area contributed by atoms with Gasteiger partial charge in [0.25, 0.3) is 0 Å². The first-order valence-electron chi connectivity index (χ1n) is 9.27. The van der Waals surface area contributed by atoms with Crippen LogP contribution in [0.3, 0.4) is 0 Å². The lowest BCUT2D eigenvalue weighted by Crippen LogP contribution is -2.27. The van der Waals surface area contributed by atoms with E-state index in [-0.39, 0.29) is 10.6 Å². The zero-order chi connectivity index (χ0) is 21.6. The molecule has 2 rings (SSSR count). The Labute approximate surface area is 173 Å². The Bertz CT molecular complexity index is 927. The largest absolute Gasteiger partial charge is 0.497 e. The van der Waals surface area contributed by atoms with Crippen LogP contribution < -0.4 is 23.7 Å². The number of nitrogens with one attached hydrogen (secondary N) is 1.